The number of allylic oxidation sites excluding steroid dienone is 1. The predicted molar refractivity (Wildman–Crippen MR) is 111 cm³/mol. The summed E-state index contributed by atoms with van der Waals surface area (Å²) in [7, 11) is 0. The summed E-state index contributed by atoms with van der Waals surface area (Å²) < 4.78 is 2.42. The van der Waals surface area contributed by atoms with Gasteiger partial charge in [-0.05, 0) is 54.3 Å². The molecule has 0 spiro atoms. The first-order chi connectivity index (χ1) is 12.8. The van der Waals surface area contributed by atoms with Crippen molar-refractivity contribution in [3.8, 4) is 16.8 Å². The van der Waals surface area contributed by atoms with Crippen molar-refractivity contribution in [2.24, 2.45) is 0 Å². The summed E-state index contributed by atoms with van der Waals surface area (Å²) in [6.07, 6.45) is 6.73. The molecule has 0 aliphatic heterocycles. The van der Waals surface area contributed by atoms with E-state index < -0.39 is 0 Å². The van der Waals surface area contributed by atoms with E-state index in [0.717, 1.165) is 17.9 Å². The molecule has 1 heterocycles. The second kappa shape index (κ2) is 6.19. The summed E-state index contributed by atoms with van der Waals surface area (Å²) in [5.41, 5.74) is 7.70. The zero-order valence-corrected chi connectivity index (χ0v) is 15.1. The van der Waals surface area contributed by atoms with Crippen LogP contribution in [0.1, 0.15) is 17.7 Å². The average Bonchev–Trinajstić information content (AvgIpc) is 3.04. The van der Waals surface area contributed by atoms with Gasteiger partial charge in [0.1, 0.15) is 0 Å². The van der Waals surface area contributed by atoms with E-state index >= 15 is 0 Å². The van der Waals surface area contributed by atoms with Crippen LogP contribution >= 0.6 is 11.6 Å². The number of halogens is 1. The number of benzene rings is 3. The maximum absolute atomic E-state index is 6.10. The average molecular weight is 356 g/mol. The maximum atomic E-state index is 6.10. The number of fused-ring (bicyclic) bond motifs is 3. The summed E-state index contributed by atoms with van der Waals surface area (Å²) in [5, 5.41) is 2.09. The third-order valence-electron chi connectivity index (χ3n) is 5.14. The van der Waals surface area contributed by atoms with Crippen LogP contribution in [0.25, 0.3) is 33.8 Å². The highest BCUT2D eigenvalue weighted by Crippen LogP contribution is 2.39. The van der Waals surface area contributed by atoms with E-state index in [9.17, 15) is 0 Å². The fraction of sp³-hybridized carbons (Fsp3) is 0.0833. The lowest BCUT2D eigenvalue weighted by Gasteiger charge is -2.13. The van der Waals surface area contributed by atoms with Crippen molar-refractivity contribution in [3.05, 3.63) is 95.2 Å². The molecule has 1 aromatic heterocycles. The third-order valence-corrected chi connectivity index (χ3v) is 5.39. The van der Waals surface area contributed by atoms with Gasteiger partial charge in [0, 0.05) is 27.4 Å². The molecule has 0 radical (unpaired) electrons. The molecule has 0 fully saturated rings. The van der Waals surface area contributed by atoms with E-state index in [1.165, 1.54) is 39.0 Å². The van der Waals surface area contributed by atoms with Crippen LogP contribution in [0.5, 0.6) is 0 Å². The molecule has 1 nitrogen and oxygen atoms in total. The Kier molecular flexibility index (Phi) is 3.69. The molecule has 5 rings (SSSR count). The summed E-state index contributed by atoms with van der Waals surface area (Å²) in [4.78, 5) is 0. The Balaban J connectivity index is 1.87. The Morgan fingerprint density at radius 1 is 0.808 bits per heavy atom. The molecule has 4 aromatic rings. The maximum Gasteiger partial charge on any atom is 0.0543 e. The molecule has 2 heteroatoms. The number of hydrogen-bond donors (Lipinski definition) is 0. The van der Waals surface area contributed by atoms with Gasteiger partial charge in [-0.15, -0.1) is 0 Å². The van der Waals surface area contributed by atoms with Gasteiger partial charge in [-0.2, -0.15) is 0 Å². The molecule has 0 amide bonds. The molecule has 0 saturated carbocycles. The first-order valence-electron chi connectivity index (χ1n) is 8.97. The summed E-state index contributed by atoms with van der Waals surface area (Å²) in [5.74, 6) is 0. The van der Waals surface area contributed by atoms with Gasteiger partial charge in [0.2, 0.25) is 0 Å². The Labute approximate surface area is 158 Å². The number of para-hydroxylation sites is 1. The summed E-state index contributed by atoms with van der Waals surface area (Å²) in [6.45, 7) is 0. The third kappa shape index (κ3) is 2.40. The quantitative estimate of drug-likeness (QED) is 0.368. The van der Waals surface area contributed by atoms with Crippen LogP contribution in [0.15, 0.2) is 78.9 Å². The van der Waals surface area contributed by atoms with Crippen molar-refractivity contribution in [2.45, 2.75) is 12.8 Å². The predicted octanol–water partition coefficient (Wildman–Crippen LogP) is 6.91. The van der Waals surface area contributed by atoms with Crippen LogP contribution in [0.4, 0.5) is 0 Å². The highest BCUT2D eigenvalue weighted by Gasteiger charge is 2.20. The lowest BCUT2D eigenvalue weighted by atomic mass is 9.95. The van der Waals surface area contributed by atoms with Gasteiger partial charge in [0.15, 0.2) is 0 Å². The van der Waals surface area contributed by atoms with Crippen LogP contribution in [0, 0.1) is 0 Å². The molecule has 26 heavy (non-hydrogen) atoms. The van der Waals surface area contributed by atoms with E-state index in [0.29, 0.717) is 0 Å². The Bertz CT molecular complexity index is 1120. The van der Waals surface area contributed by atoms with Gasteiger partial charge in [0.05, 0.1) is 5.52 Å². The van der Waals surface area contributed by atoms with E-state index in [1.54, 1.807) is 0 Å². The van der Waals surface area contributed by atoms with Crippen molar-refractivity contribution in [3.63, 3.8) is 0 Å². The van der Waals surface area contributed by atoms with E-state index in [4.69, 9.17) is 11.6 Å². The molecule has 1 aliphatic carbocycles. The SMILES string of the molecule is Clc1ccc(-c2cccc3c2c2c(n3-c3ccccc3)CCC=C2)cc1. The second-order valence-electron chi connectivity index (χ2n) is 6.68. The van der Waals surface area contributed by atoms with E-state index in [1.807, 2.05) is 12.1 Å². The standard InChI is InChI=1S/C24H18ClN/c25-18-15-13-17(14-16-18)20-10-6-12-23-24(20)21-9-4-5-11-22(21)26(23)19-7-2-1-3-8-19/h1-4,6-10,12-16H,5,11H2. The number of hydrogen-bond acceptors (Lipinski definition) is 0. The molecule has 0 N–H and O–H groups in total. The first kappa shape index (κ1) is 15.5. The van der Waals surface area contributed by atoms with Crippen molar-refractivity contribution >= 4 is 28.6 Å². The van der Waals surface area contributed by atoms with Gasteiger partial charge >= 0.3 is 0 Å². The lowest BCUT2D eigenvalue weighted by Crippen LogP contribution is -2.02. The molecule has 0 unspecified atom stereocenters. The molecule has 0 saturated heterocycles. The number of aromatic nitrogens is 1. The number of rotatable bonds is 2. The Morgan fingerprint density at radius 3 is 2.42 bits per heavy atom. The highest BCUT2D eigenvalue weighted by atomic mass is 35.5. The highest BCUT2D eigenvalue weighted by molar-refractivity contribution is 6.30. The first-order valence-corrected chi connectivity index (χ1v) is 9.35. The zero-order valence-electron chi connectivity index (χ0n) is 14.3. The lowest BCUT2D eigenvalue weighted by molar-refractivity contribution is 0.888. The Morgan fingerprint density at radius 2 is 1.62 bits per heavy atom. The van der Waals surface area contributed by atoms with Crippen molar-refractivity contribution in [1.82, 2.24) is 4.57 Å². The van der Waals surface area contributed by atoms with Crippen molar-refractivity contribution < 1.29 is 0 Å². The molecule has 1 aliphatic rings. The topological polar surface area (TPSA) is 4.93 Å². The fourth-order valence-corrected chi connectivity index (χ4v) is 4.13. The van der Waals surface area contributed by atoms with Gasteiger partial charge in [-0.25, -0.2) is 0 Å². The Hall–Kier alpha value is -2.77. The van der Waals surface area contributed by atoms with Gasteiger partial charge < -0.3 is 4.57 Å². The zero-order chi connectivity index (χ0) is 17.5. The fourth-order valence-electron chi connectivity index (χ4n) is 4.01. The minimum atomic E-state index is 0.768. The van der Waals surface area contributed by atoms with Crippen molar-refractivity contribution in [1.29, 1.82) is 0 Å². The minimum Gasteiger partial charge on any atom is -0.313 e. The van der Waals surface area contributed by atoms with Gasteiger partial charge in [-0.1, -0.05) is 66.2 Å². The minimum absolute atomic E-state index is 0.768. The molecular weight excluding hydrogens is 338 g/mol. The van der Waals surface area contributed by atoms with Crippen LogP contribution in [0.3, 0.4) is 0 Å². The largest absolute Gasteiger partial charge is 0.313 e. The normalized spacial score (nSPS) is 13.1. The van der Waals surface area contributed by atoms with E-state index in [-0.39, 0.29) is 0 Å². The molecule has 126 valence electrons. The summed E-state index contributed by atoms with van der Waals surface area (Å²) in [6, 6.07) is 25.4. The van der Waals surface area contributed by atoms with Crippen LogP contribution in [-0.4, -0.2) is 4.57 Å². The monoisotopic (exact) mass is 355 g/mol. The number of nitrogens with zero attached hydrogens (tertiary/aromatic N) is 1. The van der Waals surface area contributed by atoms with Crippen LogP contribution in [-0.2, 0) is 6.42 Å². The van der Waals surface area contributed by atoms with Crippen LogP contribution in [0.2, 0.25) is 5.02 Å². The van der Waals surface area contributed by atoms with Crippen LogP contribution < -0.4 is 0 Å². The smallest absolute Gasteiger partial charge is 0.0543 e. The van der Waals surface area contributed by atoms with E-state index in [2.05, 4.69) is 77.4 Å². The molecular formula is C24H18ClN. The summed E-state index contributed by atoms with van der Waals surface area (Å²) >= 11 is 6.10. The van der Waals surface area contributed by atoms with Gasteiger partial charge in [-0.3, -0.25) is 0 Å². The van der Waals surface area contributed by atoms with Crippen molar-refractivity contribution in [2.75, 3.05) is 0 Å². The van der Waals surface area contributed by atoms with Gasteiger partial charge in [0.25, 0.3) is 0 Å². The second-order valence-corrected chi connectivity index (χ2v) is 7.12. The molecule has 3 aromatic carbocycles. The molecule has 0 atom stereocenters. The molecule has 0 bridgehead atoms.